The second-order valence-corrected chi connectivity index (χ2v) is 9.10. The van der Waals surface area contributed by atoms with E-state index in [-0.39, 0.29) is 5.91 Å². The summed E-state index contributed by atoms with van der Waals surface area (Å²) in [5, 5.41) is 11.6. The Bertz CT molecular complexity index is 1570. The van der Waals surface area contributed by atoms with Crippen LogP contribution in [0.5, 0.6) is 0 Å². The van der Waals surface area contributed by atoms with Gasteiger partial charge in [0.1, 0.15) is 29.3 Å². The summed E-state index contributed by atoms with van der Waals surface area (Å²) in [6.07, 6.45) is 11.1. The molecule has 1 fully saturated rings. The van der Waals surface area contributed by atoms with E-state index in [0.717, 1.165) is 56.0 Å². The van der Waals surface area contributed by atoms with E-state index in [1.165, 1.54) is 0 Å². The quantitative estimate of drug-likeness (QED) is 0.425. The summed E-state index contributed by atoms with van der Waals surface area (Å²) in [5.74, 6) is 2.99. The molecule has 0 radical (unpaired) electrons. The lowest BCUT2D eigenvalue weighted by atomic mass is 10.1. The second kappa shape index (κ2) is 7.86. The first kappa shape index (κ1) is 20.1. The smallest absolute Gasteiger partial charge is 0.279 e. The number of imidazole rings is 2. The number of hydrogen-bond donors (Lipinski definition) is 1. The zero-order chi connectivity index (χ0) is 23.4. The zero-order valence-electron chi connectivity index (χ0n) is 19.0. The maximum Gasteiger partial charge on any atom is 0.279 e. The van der Waals surface area contributed by atoms with Crippen LogP contribution in [0.1, 0.15) is 53.6 Å². The van der Waals surface area contributed by atoms with Gasteiger partial charge in [-0.25, -0.2) is 15.0 Å². The van der Waals surface area contributed by atoms with Crippen molar-refractivity contribution in [3.8, 4) is 17.3 Å². The Labute approximate surface area is 200 Å². The number of carbonyl (C=O) groups is 1. The predicted molar refractivity (Wildman–Crippen MR) is 128 cm³/mol. The Morgan fingerprint density at radius 3 is 2.89 bits per heavy atom. The molecule has 0 bridgehead atoms. The monoisotopic (exact) mass is 465 g/mol. The Balaban J connectivity index is 1.24. The van der Waals surface area contributed by atoms with E-state index >= 15 is 0 Å². The number of nitrogens with one attached hydrogen (secondary N) is 1. The first-order valence-corrected chi connectivity index (χ1v) is 12.0. The molecule has 2 aliphatic rings. The molecule has 1 aliphatic heterocycles. The molecular weight excluding hydrogens is 442 g/mol. The Morgan fingerprint density at radius 1 is 1.03 bits per heavy atom. The van der Waals surface area contributed by atoms with Crippen LogP contribution in [0.15, 0.2) is 55.1 Å². The molecule has 0 unspecified atom stereocenters. The van der Waals surface area contributed by atoms with Gasteiger partial charge in [0.05, 0.1) is 5.69 Å². The van der Waals surface area contributed by atoms with Gasteiger partial charge in [0.2, 0.25) is 0 Å². The summed E-state index contributed by atoms with van der Waals surface area (Å²) >= 11 is 0. The zero-order valence-corrected chi connectivity index (χ0v) is 19.0. The number of rotatable bonds is 5. The van der Waals surface area contributed by atoms with Gasteiger partial charge in [0, 0.05) is 31.3 Å². The van der Waals surface area contributed by atoms with Crippen LogP contribution in [0.25, 0.3) is 23.0 Å². The predicted octanol–water partition coefficient (Wildman–Crippen LogP) is 3.64. The Hall–Kier alpha value is -4.34. The number of carbonyl (C=O) groups excluding carboxylic acids is 1. The average Bonchev–Trinajstić information content (AvgIpc) is 3.29. The minimum Gasteiger partial charge on any atom is -0.310 e. The van der Waals surface area contributed by atoms with Crippen LogP contribution in [0.3, 0.4) is 0 Å². The first-order valence-electron chi connectivity index (χ1n) is 12.0. The van der Waals surface area contributed by atoms with Crippen LogP contribution in [0, 0.1) is 0 Å². The number of amides is 1. The van der Waals surface area contributed by atoms with Crippen molar-refractivity contribution >= 4 is 17.4 Å². The van der Waals surface area contributed by atoms with Gasteiger partial charge in [-0.1, -0.05) is 12.1 Å². The summed E-state index contributed by atoms with van der Waals surface area (Å²) in [7, 11) is 0. The summed E-state index contributed by atoms with van der Waals surface area (Å²) in [6.45, 7) is 0.883. The molecule has 1 N–H and O–H groups in total. The fourth-order valence-electron chi connectivity index (χ4n) is 4.73. The molecule has 10 nitrogen and oxygen atoms in total. The summed E-state index contributed by atoms with van der Waals surface area (Å²) in [4.78, 5) is 27.3. The van der Waals surface area contributed by atoms with Gasteiger partial charge in [0.15, 0.2) is 17.3 Å². The number of anilines is 1. The van der Waals surface area contributed by atoms with Crippen molar-refractivity contribution in [2.24, 2.45) is 0 Å². The van der Waals surface area contributed by atoms with Gasteiger partial charge in [-0.3, -0.25) is 13.8 Å². The lowest BCUT2D eigenvalue weighted by molar-refractivity contribution is 0.102. The van der Waals surface area contributed by atoms with Gasteiger partial charge in [-0.2, -0.15) is 0 Å². The van der Waals surface area contributed by atoms with Crippen molar-refractivity contribution in [2.75, 3.05) is 5.32 Å². The highest BCUT2D eigenvalue weighted by molar-refractivity contribution is 6.05. The normalized spacial score (nSPS) is 15.3. The highest BCUT2D eigenvalue weighted by Crippen LogP contribution is 2.39. The van der Waals surface area contributed by atoms with Gasteiger partial charge in [-0.05, 0) is 49.9 Å². The average molecular weight is 466 g/mol. The maximum absolute atomic E-state index is 13.5. The lowest BCUT2D eigenvalue weighted by Gasteiger charge is -2.14. The van der Waals surface area contributed by atoms with E-state index < -0.39 is 0 Å². The van der Waals surface area contributed by atoms with Gasteiger partial charge in [0.25, 0.3) is 5.91 Å². The third-order valence-electron chi connectivity index (χ3n) is 6.64. The highest BCUT2D eigenvalue weighted by Gasteiger charge is 2.28. The minimum atomic E-state index is -0.335. The largest absolute Gasteiger partial charge is 0.310 e. The van der Waals surface area contributed by atoms with Crippen LogP contribution in [-0.2, 0) is 13.0 Å². The van der Waals surface area contributed by atoms with E-state index in [1.54, 1.807) is 12.4 Å². The Kier molecular flexibility index (Phi) is 4.51. The summed E-state index contributed by atoms with van der Waals surface area (Å²) in [6, 6.07) is 11.2. The molecule has 5 aromatic heterocycles. The fraction of sp³-hybridized carbons (Fsp3) is 0.280. The molecule has 5 aromatic rings. The molecule has 7 rings (SSSR count). The van der Waals surface area contributed by atoms with Gasteiger partial charge < -0.3 is 9.88 Å². The van der Waals surface area contributed by atoms with Gasteiger partial charge in [-0.15, -0.1) is 10.2 Å². The molecule has 1 saturated carbocycles. The van der Waals surface area contributed by atoms with Crippen LogP contribution < -0.4 is 5.32 Å². The van der Waals surface area contributed by atoms with E-state index in [4.69, 9.17) is 0 Å². The molecule has 1 aliphatic carbocycles. The molecule has 0 aromatic carbocycles. The van der Waals surface area contributed by atoms with E-state index in [9.17, 15) is 4.79 Å². The molecule has 0 atom stereocenters. The summed E-state index contributed by atoms with van der Waals surface area (Å²) < 4.78 is 5.91. The third kappa shape index (κ3) is 3.49. The molecule has 174 valence electrons. The van der Waals surface area contributed by atoms with E-state index in [1.807, 2.05) is 51.7 Å². The molecule has 35 heavy (non-hydrogen) atoms. The van der Waals surface area contributed by atoms with Crippen molar-refractivity contribution in [3.05, 3.63) is 72.3 Å². The topological polar surface area (TPSA) is 108 Å². The number of pyridine rings is 2. The van der Waals surface area contributed by atoms with Crippen molar-refractivity contribution in [3.63, 3.8) is 0 Å². The fourth-order valence-corrected chi connectivity index (χ4v) is 4.73. The SMILES string of the molecule is O=C(Nc1cccc(-c2nnc3n2CCCC3)n1)c1nc2ccccn2c1-n1cnc(C2CC2)c1. The Morgan fingerprint density at radius 2 is 1.97 bits per heavy atom. The van der Waals surface area contributed by atoms with Crippen LogP contribution >= 0.6 is 0 Å². The van der Waals surface area contributed by atoms with E-state index in [0.29, 0.717) is 34.6 Å². The molecular formula is C25H23N9O. The molecule has 0 saturated heterocycles. The van der Waals surface area contributed by atoms with Crippen molar-refractivity contribution < 1.29 is 4.79 Å². The standard InChI is InChI=1S/C25H23N9O/c35-24(28-19-7-5-6-17(27-19)23-31-30-21-9-2-3-12-33(21)23)22-25(34-13-4-1-8-20(34)29-22)32-14-18(26-15-32)16-10-11-16/h1,4-8,13-16H,2-3,9-12H2,(H,27,28,35). The number of nitrogens with zero attached hydrogens (tertiary/aromatic N) is 8. The van der Waals surface area contributed by atoms with Crippen molar-refractivity contribution in [1.29, 1.82) is 0 Å². The first-order chi connectivity index (χ1) is 17.2. The van der Waals surface area contributed by atoms with Crippen molar-refractivity contribution in [1.82, 2.24) is 38.7 Å². The summed E-state index contributed by atoms with van der Waals surface area (Å²) in [5.41, 5.74) is 2.73. The van der Waals surface area contributed by atoms with Crippen LogP contribution in [0.4, 0.5) is 5.82 Å². The molecule has 6 heterocycles. The lowest BCUT2D eigenvalue weighted by Crippen LogP contribution is -2.17. The molecule has 1 amide bonds. The minimum absolute atomic E-state index is 0.308. The molecule has 0 spiro atoms. The third-order valence-corrected chi connectivity index (χ3v) is 6.64. The number of hydrogen-bond acceptors (Lipinski definition) is 6. The molecule has 10 heteroatoms. The van der Waals surface area contributed by atoms with Crippen LogP contribution in [-0.4, -0.2) is 44.6 Å². The van der Waals surface area contributed by atoms with Crippen molar-refractivity contribution in [2.45, 2.75) is 44.6 Å². The van der Waals surface area contributed by atoms with Crippen LogP contribution in [0.2, 0.25) is 0 Å². The van der Waals surface area contributed by atoms with Gasteiger partial charge >= 0.3 is 0 Å². The number of aryl methyl sites for hydroxylation is 1. The van der Waals surface area contributed by atoms with E-state index in [2.05, 4.69) is 35.0 Å². The second-order valence-electron chi connectivity index (χ2n) is 9.10. The highest BCUT2D eigenvalue weighted by atomic mass is 16.2. The number of aromatic nitrogens is 8. The maximum atomic E-state index is 13.5. The number of fused-ring (bicyclic) bond motifs is 2.